The molecule has 0 unspecified atom stereocenters. The van der Waals surface area contributed by atoms with Gasteiger partial charge in [-0.05, 0) is 36.6 Å². The van der Waals surface area contributed by atoms with E-state index in [0.717, 1.165) is 12.8 Å². The lowest BCUT2D eigenvalue weighted by atomic mass is 10.2. The van der Waals surface area contributed by atoms with Gasteiger partial charge in [-0.15, -0.1) is 0 Å². The Morgan fingerprint density at radius 2 is 2.37 bits per heavy atom. The number of benzene rings is 1. The lowest BCUT2D eigenvalue weighted by molar-refractivity contribution is -0.127. The third-order valence-corrected chi connectivity index (χ3v) is 3.52. The van der Waals surface area contributed by atoms with Crippen LogP contribution in [-0.4, -0.2) is 35.1 Å². The van der Waals surface area contributed by atoms with Crippen molar-refractivity contribution in [2.24, 2.45) is 0 Å². The number of hydrogen-bond acceptors (Lipinski definition) is 2. The van der Waals surface area contributed by atoms with Gasteiger partial charge in [0.05, 0.1) is 17.7 Å². The molecule has 1 saturated heterocycles. The standard InChI is InChI=1S/C14H15ClFNO2/c15-12-8-10(3-5-13(12)16)4-6-14(19)17-7-1-2-11(17)9-18/h3-6,8,11,18H,1-2,7,9H2/t11-/m0/s1. The molecule has 0 bridgehead atoms. The number of aliphatic hydroxyl groups excluding tert-OH is 1. The molecule has 0 radical (unpaired) electrons. The normalized spacial score (nSPS) is 19.3. The van der Waals surface area contributed by atoms with Crippen LogP contribution < -0.4 is 0 Å². The second-order valence-corrected chi connectivity index (χ2v) is 4.92. The summed E-state index contributed by atoms with van der Waals surface area (Å²) in [4.78, 5) is 13.6. The molecule has 0 aromatic heterocycles. The molecule has 1 amide bonds. The molecule has 102 valence electrons. The molecule has 3 nitrogen and oxygen atoms in total. The molecule has 1 fully saturated rings. The van der Waals surface area contributed by atoms with E-state index >= 15 is 0 Å². The second-order valence-electron chi connectivity index (χ2n) is 4.52. The Labute approximate surface area is 116 Å². The molecule has 0 saturated carbocycles. The largest absolute Gasteiger partial charge is 0.394 e. The average molecular weight is 284 g/mol. The van der Waals surface area contributed by atoms with Crippen molar-refractivity contribution >= 4 is 23.6 Å². The number of carbonyl (C=O) groups is 1. The first-order valence-electron chi connectivity index (χ1n) is 6.16. The van der Waals surface area contributed by atoms with E-state index in [1.807, 2.05) is 0 Å². The quantitative estimate of drug-likeness (QED) is 0.866. The maximum Gasteiger partial charge on any atom is 0.246 e. The van der Waals surface area contributed by atoms with E-state index in [1.165, 1.54) is 18.2 Å². The molecule has 1 aromatic carbocycles. The zero-order valence-electron chi connectivity index (χ0n) is 10.4. The van der Waals surface area contributed by atoms with Crippen LogP contribution in [0.2, 0.25) is 5.02 Å². The lowest BCUT2D eigenvalue weighted by Gasteiger charge is -2.21. The second kappa shape index (κ2) is 6.17. The highest BCUT2D eigenvalue weighted by Gasteiger charge is 2.26. The van der Waals surface area contributed by atoms with Crippen molar-refractivity contribution in [1.82, 2.24) is 4.90 Å². The summed E-state index contributed by atoms with van der Waals surface area (Å²) in [7, 11) is 0. The molecule has 19 heavy (non-hydrogen) atoms. The van der Waals surface area contributed by atoms with Crippen LogP contribution in [0.25, 0.3) is 6.08 Å². The van der Waals surface area contributed by atoms with Gasteiger partial charge in [-0.25, -0.2) is 4.39 Å². The van der Waals surface area contributed by atoms with Gasteiger partial charge >= 0.3 is 0 Å². The van der Waals surface area contributed by atoms with Crippen LogP contribution in [0.15, 0.2) is 24.3 Å². The van der Waals surface area contributed by atoms with Gasteiger partial charge in [-0.3, -0.25) is 4.79 Å². The summed E-state index contributed by atoms with van der Waals surface area (Å²) in [6, 6.07) is 4.19. The van der Waals surface area contributed by atoms with Gasteiger partial charge in [0.15, 0.2) is 0 Å². The Morgan fingerprint density at radius 3 is 3.05 bits per heavy atom. The monoisotopic (exact) mass is 283 g/mol. The predicted molar refractivity (Wildman–Crippen MR) is 72.3 cm³/mol. The molecule has 2 rings (SSSR count). The summed E-state index contributed by atoms with van der Waals surface area (Å²) in [5.41, 5.74) is 0.666. The first-order chi connectivity index (χ1) is 9.11. The lowest BCUT2D eigenvalue weighted by Crippen LogP contribution is -2.36. The molecular weight excluding hydrogens is 269 g/mol. The fourth-order valence-electron chi connectivity index (χ4n) is 2.19. The van der Waals surface area contributed by atoms with Crippen molar-refractivity contribution in [2.75, 3.05) is 13.2 Å². The van der Waals surface area contributed by atoms with Crippen molar-refractivity contribution in [3.63, 3.8) is 0 Å². The SMILES string of the molecule is O=C(C=Cc1ccc(F)c(Cl)c1)N1CCC[C@H]1CO. The maximum absolute atomic E-state index is 13.0. The number of halogens is 2. The van der Waals surface area contributed by atoms with Crippen LogP contribution in [0, 0.1) is 5.82 Å². The first-order valence-corrected chi connectivity index (χ1v) is 6.54. The van der Waals surface area contributed by atoms with E-state index in [4.69, 9.17) is 16.7 Å². The van der Waals surface area contributed by atoms with Crippen LogP contribution in [0.1, 0.15) is 18.4 Å². The fourth-order valence-corrected chi connectivity index (χ4v) is 2.38. The highest BCUT2D eigenvalue weighted by Crippen LogP contribution is 2.19. The Bertz CT molecular complexity index is 504. The Morgan fingerprint density at radius 1 is 1.58 bits per heavy atom. The number of carbonyl (C=O) groups excluding carboxylic acids is 1. The Hall–Kier alpha value is -1.39. The molecule has 1 aliphatic rings. The van der Waals surface area contributed by atoms with Crippen molar-refractivity contribution in [1.29, 1.82) is 0 Å². The predicted octanol–water partition coefficient (Wildman–Crippen LogP) is 2.48. The van der Waals surface area contributed by atoms with Gasteiger partial charge in [-0.1, -0.05) is 17.7 Å². The number of aliphatic hydroxyl groups is 1. The van der Waals surface area contributed by atoms with Crippen LogP contribution in [-0.2, 0) is 4.79 Å². The van der Waals surface area contributed by atoms with Crippen molar-refractivity contribution in [3.05, 3.63) is 40.7 Å². The molecule has 1 atom stereocenters. The fraction of sp³-hybridized carbons (Fsp3) is 0.357. The zero-order valence-corrected chi connectivity index (χ0v) is 11.1. The molecular formula is C14H15ClFNO2. The summed E-state index contributed by atoms with van der Waals surface area (Å²) in [6.07, 6.45) is 4.77. The molecule has 0 aliphatic carbocycles. The van der Waals surface area contributed by atoms with Gasteiger partial charge < -0.3 is 10.0 Å². The van der Waals surface area contributed by atoms with E-state index in [9.17, 15) is 9.18 Å². The zero-order chi connectivity index (χ0) is 13.8. The summed E-state index contributed by atoms with van der Waals surface area (Å²) in [5, 5.41) is 9.19. The van der Waals surface area contributed by atoms with Crippen molar-refractivity contribution in [2.45, 2.75) is 18.9 Å². The Kier molecular flexibility index (Phi) is 4.56. The molecule has 5 heteroatoms. The van der Waals surface area contributed by atoms with E-state index in [2.05, 4.69) is 0 Å². The number of hydrogen-bond donors (Lipinski definition) is 1. The van der Waals surface area contributed by atoms with E-state index in [0.29, 0.717) is 12.1 Å². The first kappa shape index (κ1) is 14.0. The van der Waals surface area contributed by atoms with Gasteiger partial charge in [0.25, 0.3) is 0 Å². The highest BCUT2D eigenvalue weighted by atomic mass is 35.5. The molecule has 1 aliphatic heterocycles. The third-order valence-electron chi connectivity index (χ3n) is 3.23. The van der Waals surface area contributed by atoms with E-state index < -0.39 is 5.82 Å². The van der Waals surface area contributed by atoms with Crippen LogP contribution in [0.3, 0.4) is 0 Å². The number of likely N-dealkylation sites (tertiary alicyclic amines) is 1. The van der Waals surface area contributed by atoms with Gasteiger partial charge in [0.2, 0.25) is 5.91 Å². The molecule has 1 heterocycles. The summed E-state index contributed by atoms with van der Waals surface area (Å²) in [6.45, 7) is 0.653. The third kappa shape index (κ3) is 3.33. The number of nitrogens with zero attached hydrogens (tertiary/aromatic N) is 1. The van der Waals surface area contributed by atoms with Crippen molar-refractivity contribution in [3.8, 4) is 0 Å². The summed E-state index contributed by atoms with van der Waals surface area (Å²) < 4.78 is 13.0. The van der Waals surface area contributed by atoms with Gasteiger partial charge in [-0.2, -0.15) is 0 Å². The maximum atomic E-state index is 13.0. The van der Waals surface area contributed by atoms with Crippen LogP contribution in [0.5, 0.6) is 0 Å². The molecule has 1 aromatic rings. The van der Waals surface area contributed by atoms with Crippen LogP contribution >= 0.6 is 11.6 Å². The average Bonchev–Trinajstić information content (AvgIpc) is 2.88. The van der Waals surface area contributed by atoms with E-state index in [-0.39, 0.29) is 23.6 Å². The van der Waals surface area contributed by atoms with Gasteiger partial charge in [0, 0.05) is 12.6 Å². The van der Waals surface area contributed by atoms with E-state index in [1.54, 1.807) is 17.0 Å². The minimum absolute atomic E-state index is 0.0119. The van der Waals surface area contributed by atoms with Crippen molar-refractivity contribution < 1.29 is 14.3 Å². The number of rotatable bonds is 3. The highest BCUT2D eigenvalue weighted by molar-refractivity contribution is 6.30. The molecule has 0 spiro atoms. The van der Waals surface area contributed by atoms with Crippen LogP contribution in [0.4, 0.5) is 4.39 Å². The smallest absolute Gasteiger partial charge is 0.246 e. The summed E-state index contributed by atoms with van der Waals surface area (Å²) in [5.74, 6) is -0.623. The molecule has 1 N–H and O–H groups in total. The minimum atomic E-state index is -0.481. The topological polar surface area (TPSA) is 40.5 Å². The number of amides is 1. The Balaban J connectivity index is 2.05. The van der Waals surface area contributed by atoms with Gasteiger partial charge in [0.1, 0.15) is 5.82 Å². The minimum Gasteiger partial charge on any atom is -0.394 e. The summed E-state index contributed by atoms with van der Waals surface area (Å²) >= 11 is 5.66.